The van der Waals surface area contributed by atoms with Crippen molar-refractivity contribution in [3.63, 3.8) is 0 Å². The lowest BCUT2D eigenvalue weighted by atomic mass is 9.68. The molecule has 0 saturated carbocycles. The number of Topliss-reactive ketones (excluding diaryl/α,β-unsaturated/α-hetero) is 1. The van der Waals surface area contributed by atoms with E-state index in [2.05, 4.69) is 0 Å². The lowest BCUT2D eigenvalue weighted by molar-refractivity contribution is -0.122. The maximum atomic E-state index is 13.6. The second kappa shape index (κ2) is 8.39. The second-order valence-corrected chi connectivity index (χ2v) is 8.38. The first kappa shape index (κ1) is 20.1. The molecule has 1 aliphatic carbocycles. The molecule has 1 aliphatic heterocycles. The molecule has 158 valence electrons. The van der Waals surface area contributed by atoms with Gasteiger partial charge in [-0.05, 0) is 23.6 Å². The first-order valence-electron chi connectivity index (χ1n) is 10.9. The fraction of sp³-hybridized carbons (Fsp3) is 0.179. The maximum Gasteiger partial charge on any atom is 0.238 e. The molecule has 3 aromatic carbocycles. The molecule has 0 aromatic heterocycles. The Morgan fingerprint density at radius 3 is 1.91 bits per heavy atom. The van der Waals surface area contributed by atoms with Gasteiger partial charge in [-0.15, -0.1) is 0 Å². The Balaban J connectivity index is 1.53. The minimum Gasteiger partial charge on any atom is -0.294 e. The van der Waals surface area contributed by atoms with Crippen molar-refractivity contribution in [2.75, 3.05) is 4.90 Å². The predicted octanol–water partition coefficient (Wildman–Crippen LogP) is 5.04. The van der Waals surface area contributed by atoms with E-state index in [1.54, 1.807) is 24.3 Å². The molecule has 1 heterocycles. The van der Waals surface area contributed by atoms with Gasteiger partial charge in [0.05, 0.1) is 17.5 Å². The third-order valence-corrected chi connectivity index (χ3v) is 6.53. The highest BCUT2D eigenvalue weighted by Crippen LogP contribution is 2.48. The van der Waals surface area contributed by atoms with Gasteiger partial charge in [0.15, 0.2) is 5.78 Å². The van der Waals surface area contributed by atoms with Crippen LogP contribution < -0.4 is 4.90 Å². The van der Waals surface area contributed by atoms with Gasteiger partial charge in [-0.1, -0.05) is 91.0 Å². The number of rotatable bonds is 5. The normalized spacial score (nSPS) is 24.4. The van der Waals surface area contributed by atoms with Crippen LogP contribution >= 0.6 is 0 Å². The van der Waals surface area contributed by atoms with Crippen LogP contribution in [0.5, 0.6) is 0 Å². The van der Waals surface area contributed by atoms with Crippen LogP contribution in [0.1, 0.15) is 28.3 Å². The number of hydrogen-bond donors (Lipinski definition) is 0. The molecule has 1 fully saturated rings. The fourth-order valence-corrected chi connectivity index (χ4v) is 5.02. The van der Waals surface area contributed by atoms with E-state index in [0.29, 0.717) is 11.3 Å². The molecule has 1 saturated heterocycles. The third kappa shape index (κ3) is 3.48. The third-order valence-electron chi connectivity index (χ3n) is 6.53. The standard InChI is InChI=1S/C28H23NO3/c30-24(20-12-6-2-7-13-20)18-21-16-17-23(19-10-4-1-5-11-19)26-25(21)27(31)29(28(26)32)22-14-8-3-9-15-22/h1-17,21,23,25-26H,18H2/t21-,23+,25?,26?/m1/s1. The van der Waals surface area contributed by atoms with Crippen molar-refractivity contribution in [2.45, 2.75) is 12.3 Å². The summed E-state index contributed by atoms with van der Waals surface area (Å²) in [5, 5.41) is 0. The molecule has 4 nitrogen and oxygen atoms in total. The number of carbonyl (C=O) groups excluding carboxylic acids is 3. The van der Waals surface area contributed by atoms with E-state index in [1.807, 2.05) is 78.9 Å². The zero-order chi connectivity index (χ0) is 22.1. The number of nitrogens with zero attached hydrogens (tertiary/aromatic N) is 1. The summed E-state index contributed by atoms with van der Waals surface area (Å²) in [6.07, 6.45) is 4.18. The van der Waals surface area contributed by atoms with E-state index in [9.17, 15) is 14.4 Å². The number of allylic oxidation sites excluding steroid dienone is 2. The van der Waals surface area contributed by atoms with Crippen molar-refractivity contribution in [3.8, 4) is 0 Å². The molecule has 4 heteroatoms. The number of fused-ring (bicyclic) bond motifs is 1. The van der Waals surface area contributed by atoms with Gasteiger partial charge in [-0.3, -0.25) is 19.3 Å². The van der Waals surface area contributed by atoms with E-state index in [-0.39, 0.29) is 35.9 Å². The number of anilines is 1. The summed E-state index contributed by atoms with van der Waals surface area (Å²) in [5.74, 6) is -2.04. The average molecular weight is 421 g/mol. The number of para-hydroxylation sites is 1. The minimum atomic E-state index is -0.564. The van der Waals surface area contributed by atoms with Crippen LogP contribution in [0.3, 0.4) is 0 Å². The molecular formula is C28H23NO3. The van der Waals surface area contributed by atoms with E-state index in [0.717, 1.165) is 5.56 Å². The van der Waals surface area contributed by atoms with Gasteiger partial charge in [0.25, 0.3) is 0 Å². The second-order valence-electron chi connectivity index (χ2n) is 8.38. The Labute approximate surface area is 187 Å². The number of hydrogen-bond acceptors (Lipinski definition) is 3. The minimum absolute atomic E-state index is 0.0180. The quantitative estimate of drug-likeness (QED) is 0.330. The van der Waals surface area contributed by atoms with Gasteiger partial charge in [-0.2, -0.15) is 0 Å². The number of benzene rings is 3. The smallest absolute Gasteiger partial charge is 0.238 e. The molecule has 0 N–H and O–H groups in total. The Bertz CT molecular complexity index is 1170. The van der Waals surface area contributed by atoms with Crippen molar-refractivity contribution in [3.05, 3.63) is 114 Å². The van der Waals surface area contributed by atoms with Gasteiger partial charge < -0.3 is 0 Å². The maximum absolute atomic E-state index is 13.6. The van der Waals surface area contributed by atoms with Crippen LogP contribution in [-0.2, 0) is 9.59 Å². The average Bonchev–Trinajstić information content (AvgIpc) is 3.11. The molecule has 2 unspecified atom stereocenters. The highest BCUT2D eigenvalue weighted by Gasteiger charge is 2.55. The number of imide groups is 1. The summed E-state index contributed by atoms with van der Waals surface area (Å²) < 4.78 is 0. The first-order valence-corrected chi connectivity index (χ1v) is 10.9. The van der Waals surface area contributed by atoms with Gasteiger partial charge in [0, 0.05) is 17.9 Å². The lowest BCUT2D eigenvalue weighted by Gasteiger charge is -2.32. The predicted molar refractivity (Wildman–Crippen MR) is 123 cm³/mol. The molecule has 0 radical (unpaired) electrons. The van der Waals surface area contributed by atoms with E-state index in [1.165, 1.54) is 4.90 Å². The monoisotopic (exact) mass is 421 g/mol. The largest absolute Gasteiger partial charge is 0.294 e. The summed E-state index contributed by atoms with van der Waals surface area (Å²) in [5.41, 5.74) is 2.21. The summed E-state index contributed by atoms with van der Waals surface area (Å²) >= 11 is 0. The molecule has 0 spiro atoms. The molecule has 2 aliphatic rings. The summed E-state index contributed by atoms with van der Waals surface area (Å²) in [6.45, 7) is 0. The zero-order valence-electron chi connectivity index (χ0n) is 17.5. The fourth-order valence-electron chi connectivity index (χ4n) is 5.02. The molecular weight excluding hydrogens is 398 g/mol. The van der Waals surface area contributed by atoms with E-state index >= 15 is 0 Å². The Hall–Kier alpha value is -3.79. The SMILES string of the molecule is O=C(C[C@H]1C=C[C@@H](c2ccccc2)C2C(=O)N(c3ccccc3)C(=O)C21)c1ccccc1. The van der Waals surface area contributed by atoms with Crippen LogP contribution in [0, 0.1) is 17.8 Å². The van der Waals surface area contributed by atoms with Gasteiger partial charge in [-0.25, -0.2) is 0 Å². The van der Waals surface area contributed by atoms with Crippen molar-refractivity contribution in [1.29, 1.82) is 0 Å². The van der Waals surface area contributed by atoms with E-state index in [4.69, 9.17) is 0 Å². The Morgan fingerprint density at radius 1 is 0.688 bits per heavy atom. The van der Waals surface area contributed by atoms with Gasteiger partial charge >= 0.3 is 0 Å². The van der Waals surface area contributed by atoms with Crippen LogP contribution in [0.15, 0.2) is 103 Å². The molecule has 4 atom stereocenters. The molecule has 32 heavy (non-hydrogen) atoms. The molecule has 0 bridgehead atoms. The molecule has 3 aromatic rings. The number of carbonyl (C=O) groups is 3. The highest BCUT2D eigenvalue weighted by atomic mass is 16.2. The summed E-state index contributed by atoms with van der Waals surface area (Å²) in [4.78, 5) is 41.5. The Kier molecular flexibility index (Phi) is 5.28. The number of amides is 2. The van der Waals surface area contributed by atoms with Crippen LogP contribution in [0.25, 0.3) is 0 Å². The van der Waals surface area contributed by atoms with Crippen molar-refractivity contribution in [1.82, 2.24) is 0 Å². The highest BCUT2D eigenvalue weighted by molar-refractivity contribution is 6.22. The van der Waals surface area contributed by atoms with Crippen LogP contribution in [0.4, 0.5) is 5.69 Å². The van der Waals surface area contributed by atoms with Crippen molar-refractivity contribution in [2.24, 2.45) is 17.8 Å². The molecule has 5 rings (SSSR count). The number of ketones is 1. The van der Waals surface area contributed by atoms with Crippen molar-refractivity contribution >= 4 is 23.3 Å². The summed E-state index contributed by atoms with van der Waals surface area (Å²) in [6, 6.07) is 28.0. The van der Waals surface area contributed by atoms with Gasteiger partial charge in [0.2, 0.25) is 11.8 Å². The Morgan fingerprint density at radius 2 is 1.25 bits per heavy atom. The van der Waals surface area contributed by atoms with Gasteiger partial charge in [0.1, 0.15) is 0 Å². The van der Waals surface area contributed by atoms with E-state index < -0.39 is 11.8 Å². The molecule has 2 amide bonds. The zero-order valence-corrected chi connectivity index (χ0v) is 17.5. The van der Waals surface area contributed by atoms with Crippen LogP contribution in [0.2, 0.25) is 0 Å². The van der Waals surface area contributed by atoms with Crippen molar-refractivity contribution < 1.29 is 14.4 Å². The first-order chi connectivity index (χ1) is 15.6. The summed E-state index contributed by atoms with van der Waals surface area (Å²) in [7, 11) is 0. The lowest BCUT2D eigenvalue weighted by Crippen LogP contribution is -2.34. The topological polar surface area (TPSA) is 54.5 Å². The van der Waals surface area contributed by atoms with Crippen LogP contribution in [-0.4, -0.2) is 17.6 Å².